The first-order valence-electron chi connectivity index (χ1n) is 10.6. The first-order valence-corrected chi connectivity index (χ1v) is 10.6. The Bertz CT molecular complexity index is 1270. The zero-order chi connectivity index (χ0) is 23.7. The molecule has 0 spiro atoms. The average Bonchev–Trinajstić information content (AvgIpc) is 3.27. The van der Waals surface area contributed by atoms with Crippen LogP contribution in [0.5, 0.6) is 11.5 Å². The lowest BCUT2D eigenvalue weighted by molar-refractivity contribution is 0.0694. The number of rotatable bonds is 7. The smallest absolute Gasteiger partial charge is 0.341 e. The van der Waals surface area contributed by atoms with Crippen LogP contribution in [-0.2, 0) is 17.8 Å². The Morgan fingerprint density at radius 2 is 1.97 bits per heavy atom. The average molecular weight is 456 g/mol. The fourth-order valence-electron chi connectivity index (χ4n) is 4.14. The van der Waals surface area contributed by atoms with Gasteiger partial charge in [-0.1, -0.05) is 6.07 Å². The molecule has 1 aliphatic heterocycles. The lowest BCUT2D eigenvalue weighted by Crippen LogP contribution is -2.22. The third-order valence-corrected chi connectivity index (χ3v) is 5.83. The molecule has 1 atom stereocenters. The summed E-state index contributed by atoms with van der Waals surface area (Å²) in [7, 11) is 3.15. The van der Waals surface area contributed by atoms with E-state index in [1.807, 2.05) is 25.1 Å². The van der Waals surface area contributed by atoms with E-state index < -0.39 is 17.2 Å². The largest absolute Gasteiger partial charge is 0.493 e. The number of hydrogen-bond donors (Lipinski definition) is 1. The zero-order valence-electron chi connectivity index (χ0n) is 18.6. The quantitative estimate of drug-likeness (QED) is 0.581. The molecule has 1 N–H and O–H groups in total. The van der Waals surface area contributed by atoms with E-state index >= 15 is 4.39 Å². The molecule has 1 fully saturated rings. The maximum atomic E-state index is 15.0. The van der Waals surface area contributed by atoms with Gasteiger partial charge in [0.05, 0.1) is 25.8 Å². The van der Waals surface area contributed by atoms with E-state index in [1.54, 1.807) is 24.9 Å². The number of carbonyl (C=O) groups is 1. The SMILES string of the molecule is CCn1cc(C(=O)O)c(=O)c2cc(F)c(N3CCC(Cc4ccc(OC)c(OC)c4)O3)cc21. The number of pyridine rings is 1. The second-order valence-corrected chi connectivity index (χ2v) is 7.80. The van der Waals surface area contributed by atoms with Crippen molar-refractivity contribution in [2.24, 2.45) is 0 Å². The molecule has 0 amide bonds. The second-order valence-electron chi connectivity index (χ2n) is 7.80. The number of carboxylic acid groups (broad SMARTS) is 1. The molecule has 0 saturated carbocycles. The minimum absolute atomic E-state index is 0.0269. The number of aryl methyl sites for hydroxylation is 1. The topological polar surface area (TPSA) is 90.2 Å². The van der Waals surface area contributed by atoms with Crippen molar-refractivity contribution in [3.8, 4) is 11.5 Å². The third kappa shape index (κ3) is 4.23. The van der Waals surface area contributed by atoms with E-state index in [0.29, 0.717) is 42.9 Å². The molecule has 1 unspecified atom stereocenters. The predicted octanol–water partition coefficient (Wildman–Crippen LogP) is 3.63. The van der Waals surface area contributed by atoms with E-state index in [-0.39, 0.29) is 22.7 Å². The Labute approximate surface area is 189 Å². The highest BCUT2D eigenvalue weighted by atomic mass is 19.1. The first-order chi connectivity index (χ1) is 15.9. The van der Waals surface area contributed by atoms with Crippen LogP contribution in [0.25, 0.3) is 10.9 Å². The molecule has 0 aliphatic carbocycles. The highest BCUT2D eigenvalue weighted by Crippen LogP contribution is 2.32. The number of ether oxygens (including phenoxy) is 2. The Morgan fingerprint density at radius 1 is 1.21 bits per heavy atom. The van der Waals surface area contributed by atoms with Gasteiger partial charge in [0.25, 0.3) is 0 Å². The van der Waals surface area contributed by atoms with Crippen molar-refractivity contribution in [2.45, 2.75) is 32.4 Å². The Hall–Kier alpha value is -3.59. The van der Waals surface area contributed by atoms with Gasteiger partial charge in [0.2, 0.25) is 5.43 Å². The number of anilines is 1. The number of fused-ring (bicyclic) bond motifs is 1. The zero-order valence-corrected chi connectivity index (χ0v) is 18.6. The van der Waals surface area contributed by atoms with Crippen LogP contribution in [0.4, 0.5) is 10.1 Å². The van der Waals surface area contributed by atoms with Crippen molar-refractivity contribution >= 4 is 22.6 Å². The third-order valence-electron chi connectivity index (χ3n) is 5.83. The molecular weight excluding hydrogens is 431 g/mol. The van der Waals surface area contributed by atoms with Crippen molar-refractivity contribution < 1.29 is 28.6 Å². The molecule has 2 aromatic carbocycles. The van der Waals surface area contributed by atoms with Crippen LogP contribution >= 0.6 is 0 Å². The number of aromatic carboxylic acids is 1. The number of hydroxylamine groups is 1. The number of carboxylic acids is 1. The maximum absolute atomic E-state index is 15.0. The van der Waals surface area contributed by atoms with E-state index in [0.717, 1.165) is 11.6 Å². The molecule has 174 valence electrons. The van der Waals surface area contributed by atoms with Gasteiger partial charge >= 0.3 is 5.97 Å². The van der Waals surface area contributed by atoms with Crippen molar-refractivity contribution in [3.05, 3.63) is 63.7 Å². The molecule has 2 heterocycles. The summed E-state index contributed by atoms with van der Waals surface area (Å²) >= 11 is 0. The molecule has 33 heavy (non-hydrogen) atoms. The predicted molar refractivity (Wildman–Crippen MR) is 121 cm³/mol. The second kappa shape index (κ2) is 9.11. The van der Waals surface area contributed by atoms with E-state index in [4.69, 9.17) is 14.3 Å². The van der Waals surface area contributed by atoms with Crippen LogP contribution in [0.1, 0.15) is 29.3 Å². The van der Waals surface area contributed by atoms with Gasteiger partial charge in [0.15, 0.2) is 11.5 Å². The minimum Gasteiger partial charge on any atom is -0.493 e. The summed E-state index contributed by atoms with van der Waals surface area (Å²) in [6.45, 7) is 2.72. The van der Waals surface area contributed by atoms with Crippen LogP contribution in [0, 0.1) is 5.82 Å². The van der Waals surface area contributed by atoms with Crippen molar-refractivity contribution in [1.29, 1.82) is 0 Å². The fourth-order valence-corrected chi connectivity index (χ4v) is 4.14. The molecule has 0 bridgehead atoms. The number of nitrogens with zero attached hydrogens (tertiary/aromatic N) is 2. The molecule has 3 aromatic rings. The van der Waals surface area contributed by atoms with Crippen LogP contribution < -0.4 is 20.0 Å². The number of halogens is 1. The van der Waals surface area contributed by atoms with Gasteiger partial charge in [-0.25, -0.2) is 9.18 Å². The van der Waals surface area contributed by atoms with Crippen molar-refractivity contribution in [1.82, 2.24) is 4.57 Å². The number of aromatic nitrogens is 1. The molecule has 1 aromatic heterocycles. The summed E-state index contributed by atoms with van der Waals surface area (Å²) in [4.78, 5) is 30.0. The van der Waals surface area contributed by atoms with Gasteiger partial charge in [-0.2, -0.15) is 0 Å². The van der Waals surface area contributed by atoms with Gasteiger partial charge in [0.1, 0.15) is 17.1 Å². The number of methoxy groups -OCH3 is 2. The summed E-state index contributed by atoms with van der Waals surface area (Å²) < 4.78 is 27.3. The van der Waals surface area contributed by atoms with E-state index in [9.17, 15) is 14.7 Å². The van der Waals surface area contributed by atoms with E-state index in [2.05, 4.69) is 0 Å². The minimum atomic E-state index is -1.34. The van der Waals surface area contributed by atoms with Gasteiger partial charge in [-0.05, 0) is 43.2 Å². The highest BCUT2D eigenvalue weighted by molar-refractivity contribution is 5.93. The molecular formula is C24H25FN2O6. The molecule has 8 nitrogen and oxygen atoms in total. The Morgan fingerprint density at radius 3 is 2.64 bits per heavy atom. The monoisotopic (exact) mass is 456 g/mol. The normalized spacial score (nSPS) is 15.8. The molecule has 0 radical (unpaired) electrons. The number of benzene rings is 2. The highest BCUT2D eigenvalue weighted by Gasteiger charge is 2.28. The van der Waals surface area contributed by atoms with Gasteiger partial charge in [0, 0.05) is 31.1 Å². The van der Waals surface area contributed by atoms with E-state index in [1.165, 1.54) is 11.3 Å². The van der Waals surface area contributed by atoms with Gasteiger partial charge in [-0.15, -0.1) is 0 Å². The standard InChI is InChI=1S/C24H25FN2O6/c1-4-26-13-17(24(29)30)23(28)16-11-18(25)20(12-19(16)26)27-8-7-15(33-27)9-14-5-6-21(31-2)22(10-14)32-3/h5-6,10-13,15H,4,7-9H2,1-3H3,(H,29,30). The maximum Gasteiger partial charge on any atom is 0.341 e. The Balaban J connectivity index is 1.61. The van der Waals surface area contributed by atoms with Crippen LogP contribution in [0.2, 0.25) is 0 Å². The van der Waals surface area contributed by atoms with Crippen LogP contribution in [-0.4, -0.2) is 42.5 Å². The summed E-state index contributed by atoms with van der Waals surface area (Å²) in [5.74, 6) is -0.712. The summed E-state index contributed by atoms with van der Waals surface area (Å²) in [6.07, 6.45) is 2.42. The van der Waals surface area contributed by atoms with Crippen LogP contribution in [0.15, 0.2) is 41.3 Å². The molecule has 4 rings (SSSR count). The molecule has 1 saturated heterocycles. The van der Waals surface area contributed by atoms with Crippen molar-refractivity contribution in [3.63, 3.8) is 0 Å². The van der Waals surface area contributed by atoms with Gasteiger partial charge < -0.3 is 19.1 Å². The first kappa shape index (κ1) is 22.6. The summed E-state index contributed by atoms with van der Waals surface area (Å²) in [5, 5.41) is 10.8. The summed E-state index contributed by atoms with van der Waals surface area (Å²) in [6, 6.07) is 8.29. The lowest BCUT2D eigenvalue weighted by Gasteiger charge is -2.21. The molecule has 9 heteroatoms. The van der Waals surface area contributed by atoms with Gasteiger partial charge in [-0.3, -0.25) is 14.7 Å². The summed E-state index contributed by atoms with van der Waals surface area (Å²) in [5.41, 5.74) is 0.572. The number of hydrogen-bond acceptors (Lipinski definition) is 6. The Kier molecular flexibility index (Phi) is 6.24. The molecule has 1 aliphatic rings. The van der Waals surface area contributed by atoms with Crippen LogP contribution in [0.3, 0.4) is 0 Å². The fraction of sp³-hybridized carbons (Fsp3) is 0.333. The van der Waals surface area contributed by atoms with Crippen molar-refractivity contribution in [2.75, 3.05) is 25.8 Å². The lowest BCUT2D eigenvalue weighted by atomic mass is 10.1.